The molecule has 2 heterocycles. The molecule has 27 heavy (non-hydrogen) atoms. The Labute approximate surface area is 158 Å². The molecule has 0 aliphatic carbocycles. The summed E-state index contributed by atoms with van der Waals surface area (Å²) < 4.78 is 12.8. The van der Waals surface area contributed by atoms with Crippen molar-refractivity contribution in [3.63, 3.8) is 0 Å². The number of amides is 1. The lowest BCUT2D eigenvalue weighted by molar-refractivity contribution is -0.116. The van der Waals surface area contributed by atoms with Crippen LogP contribution in [-0.4, -0.2) is 29.0 Å². The first-order valence-electron chi connectivity index (χ1n) is 8.81. The van der Waals surface area contributed by atoms with Crippen LogP contribution in [0.2, 0.25) is 0 Å². The number of aromatic nitrogens is 2. The van der Waals surface area contributed by atoms with Crippen molar-refractivity contribution >= 4 is 17.6 Å². The van der Waals surface area contributed by atoms with Crippen molar-refractivity contribution in [3.05, 3.63) is 65.6 Å². The van der Waals surface area contributed by atoms with Crippen LogP contribution in [0.3, 0.4) is 0 Å². The molecule has 1 N–H and O–H groups in total. The van der Waals surface area contributed by atoms with E-state index in [1.165, 1.54) is 6.08 Å². The molecule has 0 aliphatic heterocycles. The Balaban J connectivity index is 1.66. The molecule has 3 aromatic rings. The average molecular weight is 365 g/mol. The third-order valence-corrected chi connectivity index (χ3v) is 4.17. The lowest BCUT2D eigenvalue weighted by Crippen LogP contribution is -2.21. The number of nitrogens with zero attached hydrogens (tertiary/aromatic N) is 2. The van der Waals surface area contributed by atoms with Gasteiger partial charge in [-0.15, -0.1) is 0 Å². The Hall–Kier alpha value is -3.28. The number of carbonyl (C=O) groups excluding carboxylic acids is 1. The molecule has 0 spiro atoms. The molecule has 1 amide bonds. The van der Waals surface area contributed by atoms with E-state index in [-0.39, 0.29) is 5.91 Å². The van der Waals surface area contributed by atoms with Gasteiger partial charge in [-0.25, -0.2) is 4.98 Å². The van der Waals surface area contributed by atoms with Crippen molar-refractivity contribution in [2.24, 2.45) is 0 Å². The summed E-state index contributed by atoms with van der Waals surface area (Å²) in [6.07, 6.45) is 5.20. The molecule has 1 aromatic carbocycles. The molecule has 0 atom stereocenters. The number of imidazole rings is 1. The Morgan fingerprint density at radius 1 is 1.26 bits per heavy atom. The summed E-state index contributed by atoms with van der Waals surface area (Å²) >= 11 is 0. The van der Waals surface area contributed by atoms with E-state index in [0.29, 0.717) is 24.7 Å². The zero-order valence-corrected chi connectivity index (χ0v) is 15.7. The first kappa shape index (κ1) is 18.5. The van der Waals surface area contributed by atoms with Crippen LogP contribution in [0.1, 0.15) is 23.9 Å². The summed E-state index contributed by atoms with van der Waals surface area (Å²) in [6.45, 7) is 4.84. The maximum atomic E-state index is 12.2. The van der Waals surface area contributed by atoms with Gasteiger partial charge in [0.05, 0.1) is 31.6 Å². The lowest BCUT2D eigenvalue weighted by Gasteiger charge is -2.09. The van der Waals surface area contributed by atoms with Crippen LogP contribution < -0.4 is 14.8 Å². The summed E-state index contributed by atoms with van der Waals surface area (Å²) in [6, 6.07) is 11.4. The maximum absolute atomic E-state index is 12.2. The van der Waals surface area contributed by atoms with Crippen LogP contribution in [0.25, 0.3) is 11.7 Å². The molecule has 0 aliphatic rings. The fourth-order valence-electron chi connectivity index (χ4n) is 2.84. The first-order valence-corrected chi connectivity index (χ1v) is 8.81. The SMILES string of the molecule is CCOc1ccc(/C=C/C(=O)NCc2c(C)nc3ccccn23)cc1OC. The molecule has 3 rings (SSSR count). The number of pyridine rings is 1. The topological polar surface area (TPSA) is 64.9 Å². The Bertz CT molecular complexity index is 976. The molecule has 2 aromatic heterocycles. The molecule has 0 fully saturated rings. The Kier molecular flexibility index (Phi) is 5.76. The standard InChI is InChI=1S/C21H23N3O3/c1-4-27-18-10-8-16(13-19(18)26-3)9-11-21(25)22-14-17-15(2)23-20-7-5-6-12-24(17)20/h5-13H,4,14H2,1-3H3,(H,22,25)/b11-9+. The molecular formula is C21H23N3O3. The second kappa shape index (κ2) is 8.40. The fraction of sp³-hybridized carbons (Fsp3) is 0.238. The molecule has 0 bridgehead atoms. The predicted octanol–water partition coefficient (Wildman–Crippen LogP) is 3.38. The highest BCUT2D eigenvalue weighted by Gasteiger charge is 2.09. The van der Waals surface area contributed by atoms with Gasteiger partial charge in [-0.2, -0.15) is 0 Å². The quantitative estimate of drug-likeness (QED) is 0.652. The molecule has 0 radical (unpaired) electrons. The van der Waals surface area contributed by atoms with Crippen molar-refractivity contribution in [2.45, 2.75) is 20.4 Å². The minimum atomic E-state index is -0.173. The molecule has 140 valence electrons. The number of fused-ring (bicyclic) bond motifs is 1. The number of benzene rings is 1. The smallest absolute Gasteiger partial charge is 0.244 e. The highest BCUT2D eigenvalue weighted by atomic mass is 16.5. The number of carbonyl (C=O) groups is 1. The molecular weight excluding hydrogens is 342 g/mol. The number of hydrogen-bond donors (Lipinski definition) is 1. The van der Waals surface area contributed by atoms with E-state index in [9.17, 15) is 4.79 Å². The summed E-state index contributed by atoms with van der Waals surface area (Å²) in [4.78, 5) is 16.7. The van der Waals surface area contributed by atoms with Crippen molar-refractivity contribution in [1.29, 1.82) is 0 Å². The van der Waals surface area contributed by atoms with Crippen LogP contribution in [0.4, 0.5) is 0 Å². The summed E-state index contributed by atoms with van der Waals surface area (Å²) in [5.41, 5.74) is 3.60. The van der Waals surface area contributed by atoms with Crippen LogP contribution in [-0.2, 0) is 11.3 Å². The maximum Gasteiger partial charge on any atom is 0.244 e. The van der Waals surface area contributed by atoms with E-state index in [4.69, 9.17) is 9.47 Å². The number of methoxy groups -OCH3 is 1. The molecule has 6 heteroatoms. The monoisotopic (exact) mass is 365 g/mol. The van der Waals surface area contributed by atoms with Crippen LogP contribution in [0.5, 0.6) is 11.5 Å². The van der Waals surface area contributed by atoms with E-state index in [1.807, 2.05) is 60.8 Å². The van der Waals surface area contributed by atoms with Crippen molar-refractivity contribution in [1.82, 2.24) is 14.7 Å². The third-order valence-electron chi connectivity index (χ3n) is 4.17. The van der Waals surface area contributed by atoms with E-state index in [2.05, 4.69) is 10.3 Å². The highest BCUT2D eigenvalue weighted by Crippen LogP contribution is 2.28. The van der Waals surface area contributed by atoms with Gasteiger partial charge in [-0.3, -0.25) is 4.79 Å². The molecule has 6 nitrogen and oxygen atoms in total. The highest BCUT2D eigenvalue weighted by molar-refractivity contribution is 5.91. The minimum Gasteiger partial charge on any atom is -0.493 e. The summed E-state index contributed by atoms with van der Waals surface area (Å²) in [5, 5.41) is 2.91. The largest absolute Gasteiger partial charge is 0.493 e. The van der Waals surface area contributed by atoms with Crippen molar-refractivity contribution in [3.8, 4) is 11.5 Å². The van der Waals surface area contributed by atoms with Gasteiger partial charge < -0.3 is 19.2 Å². The Morgan fingerprint density at radius 2 is 2.11 bits per heavy atom. The summed E-state index contributed by atoms with van der Waals surface area (Å²) in [5.74, 6) is 1.15. The molecule has 0 unspecified atom stereocenters. The zero-order chi connectivity index (χ0) is 19.2. The van der Waals surface area contributed by atoms with E-state index in [1.54, 1.807) is 13.2 Å². The van der Waals surface area contributed by atoms with Gasteiger partial charge in [-0.05, 0) is 49.8 Å². The van der Waals surface area contributed by atoms with Crippen LogP contribution >= 0.6 is 0 Å². The molecule has 0 saturated heterocycles. The second-order valence-corrected chi connectivity index (χ2v) is 5.97. The minimum absolute atomic E-state index is 0.173. The third kappa shape index (κ3) is 4.28. The number of ether oxygens (including phenoxy) is 2. The van der Waals surface area contributed by atoms with Crippen LogP contribution in [0, 0.1) is 6.92 Å². The number of aryl methyl sites for hydroxylation is 1. The number of nitrogens with one attached hydrogen (secondary N) is 1. The van der Waals surface area contributed by atoms with Gasteiger partial charge in [0.2, 0.25) is 5.91 Å². The van der Waals surface area contributed by atoms with Crippen molar-refractivity contribution < 1.29 is 14.3 Å². The van der Waals surface area contributed by atoms with Gasteiger partial charge in [0.25, 0.3) is 0 Å². The van der Waals surface area contributed by atoms with Crippen LogP contribution in [0.15, 0.2) is 48.7 Å². The van der Waals surface area contributed by atoms with E-state index < -0.39 is 0 Å². The van der Waals surface area contributed by atoms with E-state index in [0.717, 1.165) is 22.6 Å². The van der Waals surface area contributed by atoms with Gasteiger partial charge >= 0.3 is 0 Å². The van der Waals surface area contributed by atoms with Crippen molar-refractivity contribution in [2.75, 3.05) is 13.7 Å². The fourth-order valence-corrected chi connectivity index (χ4v) is 2.84. The zero-order valence-electron chi connectivity index (χ0n) is 15.7. The predicted molar refractivity (Wildman–Crippen MR) is 105 cm³/mol. The number of rotatable bonds is 7. The number of hydrogen-bond acceptors (Lipinski definition) is 4. The average Bonchev–Trinajstić information content (AvgIpc) is 3.00. The lowest BCUT2D eigenvalue weighted by atomic mass is 10.2. The van der Waals surface area contributed by atoms with Gasteiger partial charge in [-0.1, -0.05) is 12.1 Å². The first-order chi connectivity index (χ1) is 13.1. The van der Waals surface area contributed by atoms with Gasteiger partial charge in [0, 0.05) is 12.3 Å². The molecule has 0 saturated carbocycles. The Morgan fingerprint density at radius 3 is 2.89 bits per heavy atom. The van der Waals surface area contributed by atoms with E-state index >= 15 is 0 Å². The van der Waals surface area contributed by atoms with Gasteiger partial charge in [0.15, 0.2) is 11.5 Å². The summed E-state index contributed by atoms with van der Waals surface area (Å²) in [7, 11) is 1.59. The second-order valence-electron chi connectivity index (χ2n) is 5.97. The van der Waals surface area contributed by atoms with Gasteiger partial charge in [0.1, 0.15) is 5.65 Å². The normalized spacial score (nSPS) is 11.1.